The van der Waals surface area contributed by atoms with E-state index in [4.69, 9.17) is 13.6 Å². The van der Waals surface area contributed by atoms with E-state index < -0.39 is 8.56 Å². The summed E-state index contributed by atoms with van der Waals surface area (Å²) in [5.41, 5.74) is 0. The standard InChI is InChI=1S/C13H26O3Si/c1-4-14-17(3,15-5-2)9-8-11-6-7-12-13(10-11)16-12/h11-13H,4-10H2,1-3H3/t11-,12+,13+/m0/s1. The molecule has 1 aliphatic heterocycles. The lowest BCUT2D eigenvalue weighted by Gasteiger charge is -2.28. The van der Waals surface area contributed by atoms with Crippen LogP contribution in [0.5, 0.6) is 0 Å². The van der Waals surface area contributed by atoms with Crippen molar-refractivity contribution < 1.29 is 13.6 Å². The van der Waals surface area contributed by atoms with Crippen LogP contribution in [-0.2, 0) is 13.6 Å². The van der Waals surface area contributed by atoms with Crippen LogP contribution in [0, 0.1) is 5.92 Å². The maximum absolute atomic E-state index is 5.88. The fourth-order valence-electron chi connectivity index (χ4n) is 3.01. The van der Waals surface area contributed by atoms with E-state index in [2.05, 4.69) is 20.4 Å². The minimum Gasteiger partial charge on any atom is -0.395 e. The first kappa shape index (κ1) is 13.5. The van der Waals surface area contributed by atoms with Gasteiger partial charge in [0.15, 0.2) is 0 Å². The summed E-state index contributed by atoms with van der Waals surface area (Å²) in [6.07, 6.45) is 6.36. The van der Waals surface area contributed by atoms with E-state index in [1.807, 2.05) is 0 Å². The van der Waals surface area contributed by atoms with Gasteiger partial charge >= 0.3 is 8.56 Å². The van der Waals surface area contributed by atoms with Crippen LogP contribution in [0.3, 0.4) is 0 Å². The van der Waals surface area contributed by atoms with E-state index >= 15 is 0 Å². The van der Waals surface area contributed by atoms with Crippen molar-refractivity contribution in [1.82, 2.24) is 0 Å². The van der Waals surface area contributed by atoms with Crippen LogP contribution in [0.4, 0.5) is 0 Å². The van der Waals surface area contributed by atoms with Gasteiger partial charge in [-0.15, -0.1) is 0 Å². The first-order valence-electron chi connectivity index (χ1n) is 7.10. The van der Waals surface area contributed by atoms with E-state index in [0.29, 0.717) is 12.2 Å². The topological polar surface area (TPSA) is 31.0 Å². The highest BCUT2D eigenvalue weighted by Crippen LogP contribution is 2.41. The predicted molar refractivity (Wildman–Crippen MR) is 70.3 cm³/mol. The van der Waals surface area contributed by atoms with Crippen molar-refractivity contribution in [2.75, 3.05) is 13.2 Å². The van der Waals surface area contributed by atoms with Gasteiger partial charge in [0.1, 0.15) is 0 Å². The molecule has 2 rings (SSSR count). The maximum Gasteiger partial charge on any atom is 0.334 e. The quantitative estimate of drug-likeness (QED) is 0.519. The largest absolute Gasteiger partial charge is 0.395 e. The number of fused-ring (bicyclic) bond motifs is 1. The van der Waals surface area contributed by atoms with Crippen LogP contribution in [0.25, 0.3) is 0 Å². The van der Waals surface area contributed by atoms with Crippen molar-refractivity contribution in [3.63, 3.8) is 0 Å². The van der Waals surface area contributed by atoms with E-state index in [1.54, 1.807) is 0 Å². The lowest BCUT2D eigenvalue weighted by molar-refractivity contribution is 0.185. The summed E-state index contributed by atoms with van der Waals surface area (Å²) < 4.78 is 17.4. The van der Waals surface area contributed by atoms with E-state index in [9.17, 15) is 0 Å². The molecule has 17 heavy (non-hydrogen) atoms. The number of rotatable bonds is 7. The molecule has 0 unspecified atom stereocenters. The molecule has 0 bridgehead atoms. The molecule has 3 atom stereocenters. The number of hydrogen-bond donors (Lipinski definition) is 0. The third kappa shape index (κ3) is 3.78. The van der Waals surface area contributed by atoms with Gasteiger partial charge in [-0.05, 0) is 58.0 Å². The van der Waals surface area contributed by atoms with Crippen molar-refractivity contribution in [3.05, 3.63) is 0 Å². The Kier molecular flexibility index (Phi) is 4.63. The van der Waals surface area contributed by atoms with Crippen LogP contribution in [0.15, 0.2) is 0 Å². The molecular weight excluding hydrogens is 232 g/mol. The average molecular weight is 258 g/mol. The van der Waals surface area contributed by atoms with E-state index in [1.165, 1.54) is 25.7 Å². The number of hydrogen-bond acceptors (Lipinski definition) is 3. The molecule has 100 valence electrons. The molecule has 0 radical (unpaired) electrons. The minimum absolute atomic E-state index is 0.598. The Balaban J connectivity index is 1.73. The van der Waals surface area contributed by atoms with Gasteiger partial charge in [0, 0.05) is 13.2 Å². The Morgan fingerprint density at radius 3 is 2.41 bits per heavy atom. The van der Waals surface area contributed by atoms with Crippen molar-refractivity contribution in [1.29, 1.82) is 0 Å². The highest BCUT2D eigenvalue weighted by atomic mass is 28.4. The van der Waals surface area contributed by atoms with Crippen molar-refractivity contribution >= 4 is 8.56 Å². The second-order valence-corrected chi connectivity index (χ2v) is 8.78. The van der Waals surface area contributed by atoms with Crippen molar-refractivity contribution in [2.45, 2.75) is 64.3 Å². The highest BCUT2D eigenvalue weighted by Gasteiger charge is 2.44. The fraction of sp³-hybridized carbons (Fsp3) is 1.00. The Morgan fingerprint density at radius 1 is 1.12 bits per heavy atom. The van der Waals surface area contributed by atoms with Crippen molar-refractivity contribution in [3.8, 4) is 0 Å². The van der Waals surface area contributed by atoms with Crippen LogP contribution >= 0.6 is 0 Å². The first-order valence-corrected chi connectivity index (χ1v) is 9.62. The summed E-state index contributed by atoms with van der Waals surface area (Å²) in [4.78, 5) is 0. The Morgan fingerprint density at radius 2 is 1.82 bits per heavy atom. The number of ether oxygens (including phenoxy) is 1. The molecule has 3 nitrogen and oxygen atoms in total. The van der Waals surface area contributed by atoms with Crippen molar-refractivity contribution in [2.24, 2.45) is 5.92 Å². The molecule has 4 heteroatoms. The molecule has 0 aromatic rings. The molecule has 0 amide bonds. The average Bonchev–Trinajstić information content (AvgIpc) is 3.05. The SMILES string of the molecule is CCO[Si](C)(CC[C@@H]1CC[C@H]2O[C@@H]2C1)OCC. The summed E-state index contributed by atoms with van der Waals surface area (Å²) in [5, 5.41) is 0. The lowest BCUT2D eigenvalue weighted by Crippen LogP contribution is -2.39. The zero-order valence-electron chi connectivity index (χ0n) is 11.4. The molecule has 2 fully saturated rings. The zero-order valence-corrected chi connectivity index (χ0v) is 12.4. The van der Waals surface area contributed by atoms with Gasteiger partial charge in [-0.1, -0.05) is 0 Å². The molecular formula is C13H26O3Si. The molecule has 0 aromatic heterocycles. The van der Waals surface area contributed by atoms with Crippen LogP contribution < -0.4 is 0 Å². The minimum atomic E-state index is -1.88. The smallest absolute Gasteiger partial charge is 0.334 e. The lowest BCUT2D eigenvalue weighted by atomic mass is 9.88. The van der Waals surface area contributed by atoms with Gasteiger partial charge in [0.2, 0.25) is 0 Å². The normalized spacial score (nSPS) is 32.3. The molecule has 0 N–H and O–H groups in total. The summed E-state index contributed by atoms with van der Waals surface area (Å²) in [7, 11) is -1.88. The Bertz CT molecular complexity index is 241. The second kappa shape index (κ2) is 5.82. The van der Waals surface area contributed by atoms with Gasteiger partial charge in [-0.2, -0.15) is 0 Å². The summed E-state index contributed by atoms with van der Waals surface area (Å²) in [5.74, 6) is 0.839. The van der Waals surface area contributed by atoms with E-state index in [-0.39, 0.29) is 0 Å². The number of epoxide rings is 1. The van der Waals surface area contributed by atoms with Gasteiger partial charge in [-0.25, -0.2) is 0 Å². The molecule has 1 aliphatic carbocycles. The van der Waals surface area contributed by atoms with Gasteiger partial charge in [-0.3, -0.25) is 0 Å². The van der Waals surface area contributed by atoms with Gasteiger partial charge in [0.05, 0.1) is 12.2 Å². The second-order valence-electron chi connectivity index (χ2n) is 5.43. The maximum atomic E-state index is 5.88. The zero-order chi connectivity index (χ0) is 12.3. The molecule has 1 saturated heterocycles. The molecule has 1 heterocycles. The predicted octanol–water partition coefficient (Wildman–Crippen LogP) is 3.09. The fourth-order valence-corrected chi connectivity index (χ4v) is 5.54. The third-order valence-corrected chi connectivity index (χ3v) is 7.01. The summed E-state index contributed by atoms with van der Waals surface area (Å²) in [6, 6.07) is 1.14. The summed E-state index contributed by atoms with van der Waals surface area (Å²) >= 11 is 0. The summed E-state index contributed by atoms with van der Waals surface area (Å²) in [6.45, 7) is 7.89. The van der Waals surface area contributed by atoms with Crippen LogP contribution in [0.2, 0.25) is 12.6 Å². The van der Waals surface area contributed by atoms with E-state index in [0.717, 1.165) is 25.2 Å². The Labute approximate surface area is 106 Å². The molecule has 0 spiro atoms. The first-order chi connectivity index (χ1) is 8.17. The monoisotopic (exact) mass is 258 g/mol. The van der Waals surface area contributed by atoms with Gasteiger partial charge in [0.25, 0.3) is 0 Å². The third-order valence-electron chi connectivity index (χ3n) is 4.02. The molecule has 1 saturated carbocycles. The van der Waals surface area contributed by atoms with Crippen LogP contribution in [-0.4, -0.2) is 34.0 Å². The molecule has 0 aromatic carbocycles. The van der Waals surface area contributed by atoms with Gasteiger partial charge < -0.3 is 13.6 Å². The highest BCUT2D eigenvalue weighted by molar-refractivity contribution is 6.66. The Hall–Kier alpha value is 0.0969. The van der Waals surface area contributed by atoms with Crippen LogP contribution in [0.1, 0.15) is 39.5 Å². The molecule has 2 aliphatic rings.